The molecular formula is C17H24ClNO4. The van der Waals surface area contributed by atoms with E-state index >= 15 is 0 Å². The Morgan fingerprint density at radius 3 is 2.87 bits per heavy atom. The lowest BCUT2D eigenvalue weighted by Gasteiger charge is -2.15. The first-order valence-corrected chi connectivity index (χ1v) is 8.52. The van der Waals surface area contributed by atoms with Crippen LogP contribution in [0.2, 0.25) is 5.02 Å². The highest BCUT2D eigenvalue weighted by molar-refractivity contribution is 6.32. The zero-order chi connectivity index (χ0) is 16.7. The second-order valence-electron chi connectivity index (χ2n) is 5.41. The summed E-state index contributed by atoms with van der Waals surface area (Å²) < 4.78 is 16.7. The molecule has 0 aliphatic carbocycles. The zero-order valence-electron chi connectivity index (χ0n) is 13.7. The highest BCUT2D eigenvalue weighted by Gasteiger charge is 2.19. The molecule has 0 spiro atoms. The second-order valence-corrected chi connectivity index (χ2v) is 5.82. The standard InChI is InChI=1S/C17H24ClNO4/c1-3-7-23-16-14(18)9-12(10-15(16)21-4-2)17(20)19-11-13-6-5-8-22-13/h9-10,13H,3-8,11H2,1-2H3,(H,19,20)/t13-/m0/s1. The van der Waals surface area contributed by atoms with Crippen molar-refractivity contribution in [1.82, 2.24) is 5.32 Å². The predicted octanol–water partition coefficient (Wildman–Crippen LogP) is 3.44. The number of carbonyl (C=O) groups is 1. The summed E-state index contributed by atoms with van der Waals surface area (Å²) in [7, 11) is 0. The van der Waals surface area contributed by atoms with Crippen molar-refractivity contribution in [3.8, 4) is 11.5 Å². The Bertz CT molecular complexity index is 530. The van der Waals surface area contributed by atoms with Crippen molar-refractivity contribution in [2.45, 2.75) is 39.2 Å². The second kappa shape index (κ2) is 8.99. The molecular weight excluding hydrogens is 318 g/mol. The summed E-state index contributed by atoms with van der Waals surface area (Å²) >= 11 is 6.27. The van der Waals surface area contributed by atoms with Crippen LogP contribution in [0.4, 0.5) is 0 Å². The average Bonchev–Trinajstić information content (AvgIpc) is 3.05. The fraction of sp³-hybridized carbons (Fsp3) is 0.588. The highest BCUT2D eigenvalue weighted by atomic mass is 35.5. The lowest BCUT2D eigenvalue weighted by atomic mass is 10.1. The van der Waals surface area contributed by atoms with Crippen LogP contribution in [-0.2, 0) is 4.74 Å². The van der Waals surface area contributed by atoms with E-state index < -0.39 is 0 Å². The summed E-state index contributed by atoms with van der Waals surface area (Å²) in [5.74, 6) is 0.798. The van der Waals surface area contributed by atoms with Crippen molar-refractivity contribution in [2.75, 3.05) is 26.4 Å². The lowest BCUT2D eigenvalue weighted by molar-refractivity contribution is 0.0857. The van der Waals surface area contributed by atoms with Gasteiger partial charge in [0.25, 0.3) is 5.91 Å². The molecule has 2 rings (SSSR count). The number of carbonyl (C=O) groups excluding carboxylic acids is 1. The average molecular weight is 342 g/mol. The number of hydrogen-bond acceptors (Lipinski definition) is 4. The van der Waals surface area contributed by atoms with Crippen LogP contribution < -0.4 is 14.8 Å². The summed E-state index contributed by atoms with van der Waals surface area (Å²) in [5.41, 5.74) is 0.459. The highest BCUT2D eigenvalue weighted by Crippen LogP contribution is 2.36. The van der Waals surface area contributed by atoms with Crippen molar-refractivity contribution >= 4 is 17.5 Å². The minimum absolute atomic E-state index is 0.105. The van der Waals surface area contributed by atoms with Gasteiger partial charge >= 0.3 is 0 Å². The van der Waals surface area contributed by atoms with E-state index in [1.807, 2.05) is 13.8 Å². The number of hydrogen-bond donors (Lipinski definition) is 1. The molecule has 1 saturated heterocycles. The molecule has 1 amide bonds. The Labute approximate surface area is 142 Å². The fourth-order valence-corrected chi connectivity index (χ4v) is 2.69. The summed E-state index contributed by atoms with van der Waals surface area (Å²) in [5, 5.41) is 3.26. The molecule has 0 unspecified atom stereocenters. The molecule has 1 aliphatic rings. The smallest absolute Gasteiger partial charge is 0.251 e. The first kappa shape index (κ1) is 17.9. The van der Waals surface area contributed by atoms with E-state index in [0.717, 1.165) is 25.9 Å². The van der Waals surface area contributed by atoms with Gasteiger partial charge in [-0.3, -0.25) is 4.79 Å². The normalized spacial score (nSPS) is 17.1. The van der Waals surface area contributed by atoms with E-state index in [1.165, 1.54) is 0 Å². The van der Waals surface area contributed by atoms with Gasteiger partial charge in [0.2, 0.25) is 0 Å². The van der Waals surface area contributed by atoms with Gasteiger partial charge in [-0.15, -0.1) is 0 Å². The Hall–Kier alpha value is -1.46. The van der Waals surface area contributed by atoms with E-state index in [4.69, 9.17) is 25.8 Å². The van der Waals surface area contributed by atoms with Gasteiger partial charge in [-0.2, -0.15) is 0 Å². The number of halogens is 1. The molecule has 128 valence electrons. The van der Waals surface area contributed by atoms with Crippen LogP contribution in [0.5, 0.6) is 11.5 Å². The van der Waals surface area contributed by atoms with Gasteiger partial charge in [0.15, 0.2) is 11.5 Å². The van der Waals surface area contributed by atoms with Gasteiger partial charge in [0, 0.05) is 18.7 Å². The molecule has 1 aliphatic heterocycles. The molecule has 0 aromatic heterocycles. The van der Waals surface area contributed by atoms with Crippen LogP contribution in [-0.4, -0.2) is 38.4 Å². The molecule has 1 fully saturated rings. The minimum Gasteiger partial charge on any atom is -0.490 e. The largest absolute Gasteiger partial charge is 0.490 e. The predicted molar refractivity (Wildman–Crippen MR) is 89.7 cm³/mol. The van der Waals surface area contributed by atoms with Crippen LogP contribution in [0.15, 0.2) is 12.1 Å². The maximum absolute atomic E-state index is 12.3. The van der Waals surface area contributed by atoms with Gasteiger partial charge < -0.3 is 19.5 Å². The maximum atomic E-state index is 12.3. The molecule has 23 heavy (non-hydrogen) atoms. The first-order chi connectivity index (χ1) is 11.2. The van der Waals surface area contributed by atoms with Crippen LogP contribution in [0.25, 0.3) is 0 Å². The lowest BCUT2D eigenvalue weighted by Crippen LogP contribution is -2.31. The third-order valence-electron chi connectivity index (χ3n) is 3.54. The van der Waals surface area contributed by atoms with Gasteiger partial charge in [0.05, 0.1) is 24.3 Å². The summed E-state index contributed by atoms with van der Waals surface area (Å²) in [6, 6.07) is 3.28. The van der Waals surface area contributed by atoms with E-state index in [0.29, 0.717) is 41.8 Å². The Balaban J connectivity index is 2.09. The van der Waals surface area contributed by atoms with Gasteiger partial charge in [-0.05, 0) is 38.3 Å². The van der Waals surface area contributed by atoms with Gasteiger partial charge in [0.1, 0.15) is 0 Å². The Morgan fingerprint density at radius 1 is 1.39 bits per heavy atom. The molecule has 0 saturated carbocycles. The fourth-order valence-electron chi connectivity index (χ4n) is 2.42. The van der Waals surface area contributed by atoms with Crippen LogP contribution >= 0.6 is 11.6 Å². The Kier molecular flexibility index (Phi) is 6.99. The third-order valence-corrected chi connectivity index (χ3v) is 3.82. The molecule has 1 N–H and O–H groups in total. The summed E-state index contributed by atoms with van der Waals surface area (Å²) in [6.45, 7) is 6.19. The quantitative estimate of drug-likeness (QED) is 0.787. The van der Waals surface area contributed by atoms with E-state index in [9.17, 15) is 4.79 Å². The number of amides is 1. The number of ether oxygens (including phenoxy) is 3. The molecule has 0 bridgehead atoms. The Morgan fingerprint density at radius 2 is 2.22 bits per heavy atom. The van der Waals surface area contributed by atoms with Crippen molar-refractivity contribution in [3.05, 3.63) is 22.7 Å². The number of nitrogens with one attached hydrogen (secondary N) is 1. The number of rotatable bonds is 8. The maximum Gasteiger partial charge on any atom is 0.251 e. The topological polar surface area (TPSA) is 56.8 Å². The molecule has 0 radical (unpaired) electrons. The van der Waals surface area contributed by atoms with Crippen molar-refractivity contribution in [1.29, 1.82) is 0 Å². The zero-order valence-corrected chi connectivity index (χ0v) is 14.4. The van der Waals surface area contributed by atoms with Gasteiger partial charge in [-0.1, -0.05) is 18.5 Å². The molecule has 1 aromatic carbocycles. The first-order valence-electron chi connectivity index (χ1n) is 8.14. The van der Waals surface area contributed by atoms with E-state index in [2.05, 4.69) is 5.32 Å². The van der Waals surface area contributed by atoms with Crippen molar-refractivity contribution in [3.63, 3.8) is 0 Å². The van der Waals surface area contributed by atoms with Crippen LogP contribution in [0, 0.1) is 0 Å². The number of benzene rings is 1. The third kappa shape index (κ3) is 5.01. The summed E-state index contributed by atoms with van der Waals surface area (Å²) in [6.07, 6.45) is 3.00. The minimum atomic E-state index is -0.189. The molecule has 6 heteroatoms. The molecule has 1 atom stereocenters. The molecule has 5 nitrogen and oxygen atoms in total. The monoisotopic (exact) mass is 341 g/mol. The van der Waals surface area contributed by atoms with Crippen molar-refractivity contribution in [2.24, 2.45) is 0 Å². The van der Waals surface area contributed by atoms with Crippen LogP contribution in [0.1, 0.15) is 43.5 Å². The van der Waals surface area contributed by atoms with Crippen LogP contribution in [0.3, 0.4) is 0 Å². The molecule has 1 heterocycles. The summed E-state index contributed by atoms with van der Waals surface area (Å²) in [4.78, 5) is 12.3. The van der Waals surface area contributed by atoms with E-state index in [1.54, 1.807) is 12.1 Å². The molecule has 1 aromatic rings. The SMILES string of the molecule is CCCOc1c(Cl)cc(C(=O)NC[C@@H]2CCCO2)cc1OCC. The van der Waals surface area contributed by atoms with E-state index in [-0.39, 0.29) is 12.0 Å². The van der Waals surface area contributed by atoms with Gasteiger partial charge in [-0.25, -0.2) is 0 Å². The van der Waals surface area contributed by atoms with Crippen molar-refractivity contribution < 1.29 is 19.0 Å².